The predicted molar refractivity (Wildman–Crippen MR) is 290 cm³/mol. The first-order chi connectivity index (χ1) is 31.1. The summed E-state index contributed by atoms with van der Waals surface area (Å²) in [6.07, 6.45) is 2.22. The average molecular weight is 885 g/mol. The molecule has 6 aromatic carbocycles. The van der Waals surface area contributed by atoms with Crippen LogP contribution in [0.3, 0.4) is 0 Å². The lowest BCUT2D eigenvalue weighted by atomic mass is 9.78. The van der Waals surface area contributed by atoms with Crippen LogP contribution in [0.15, 0.2) is 127 Å². The fourth-order valence-corrected chi connectivity index (χ4v) is 10.00. The first-order valence-corrected chi connectivity index (χ1v) is 24.9. The van der Waals surface area contributed by atoms with Gasteiger partial charge in [0.05, 0.1) is 11.4 Å². The molecule has 0 aliphatic heterocycles. The predicted octanol–water partition coefficient (Wildman–Crippen LogP) is 18.4. The second-order valence-electron chi connectivity index (χ2n) is 25.0. The van der Waals surface area contributed by atoms with Gasteiger partial charge in [0.2, 0.25) is 0 Å². The minimum Gasteiger partial charge on any atom is -0.228 e. The Bertz CT molecular complexity index is 2840. The summed E-state index contributed by atoms with van der Waals surface area (Å²) in [4.78, 5) is 11.0. The minimum atomic E-state index is -0.0731. The van der Waals surface area contributed by atoms with Crippen LogP contribution in [-0.2, 0) is 32.5 Å². The van der Waals surface area contributed by atoms with E-state index in [2.05, 4.69) is 245 Å². The van der Waals surface area contributed by atoms with Crippen molar-refractivity contribution in [3.63, 3.8) is 0 Å². The number of benzene rings is 6. The molecular weight excluding hydrogens is 809 g/mol. The van der Waals surface area contributed by atoms with Crippen LogP contribution in [0.1, 0.15) is 169 Å². The van der Waals surface area contributed by atoms with E-state index < -0.39 is 0 Å². The standard InChI is InChI=1S/C65H76N2/c1-18-28-64(14,15)52-31-44(30-45(32-52)42-26-27-54-53-24-19-20-25-55(53)65(16,17)56(54)37-42)41-22-21-23-43(29-41)59-66-57(46-33-48(60(2,3)4)38-49(34-46)61(5,6)7)40-58(67-59)47-35-50(62(8,9)10)39-51(36-47)63(11,12)13/h19-27,29-40H,18,28H2,1-17H3. The number of aromatic nitrogens is 2. The Hall–Kier alpha value is -5.60. The maximum atomic E-state index is 5.52. The molecule has 0 unspecified atom stereocenters. The third-order valence-electron chi connectivity index (χ3n) is 14.6. The highest BCUT2D eigenvalue weighted by molar-refractivity contribution is 5.85. The lowest BCUT2D eigenvalue weighted by molar-refractivity contribution is 0.473. The zero-order chi connectivity index (χ0) is 48.6. The molecule has 1 aromatic heterocycles. The Morgan fingerprint density at radius 3 is 1.30 bits per heavy atom. The Balaban J connectivity index is 1.33. The van der Waals surface area contributed by atoms with E-state index in [1.807, 2.05) is 0 Å². The van der Waals surface area contributed by atoms with E-state index in [4.69, 9.17) is 9.97 Å². The van der Waals surface area contributed by atoms with Crippen LogP contribution >= 0.6 is 0 Å². The summed E-state index contributed by atoms with van der Waals surface area (Å²) in [6, 6.07) is 48.8. The Morgan fingerprint density at radius 2 is 0.806 bits per heavy atom. The maximum absolute atomic E-state index is 5.52. The summed E-state index contributed by atoms with van der Waals surface area (Å²) in [5.41, 5.74) is 21.9. The number of hydrogen-bond acceptors (Lipinski definition) is 2. The first kappa shape index (κ1) is 47.9. The van der Waals surface area contributed by atoms with Crippen molar-refractivity contribution in [3.8, 4) is 67.3 Å². The molecule has 2 nitrogen and oxygen atoms in total. The van der Waals surface area contributed by atoms with Gasteiger partial charge in [-0.15, -0.1) is 0 Å². The fourth-order valence-electron chi connectivity index (χ4n) is 10.00. The SMILES string of the molecule is CCCC(C)(C)c1cc(-c2cccc(-c3nc(-c4cc(C(C)(C)C)cc(C(C)(C)C)c4)cc(-c4cc(C(C)(C)C)cc(C(C)(C)C)c4)n3)c2)cc(-c2ccc3c(c2)C(C)(C)c2ccccc2-3)c1. The molecule has 0 saturated heterocycles. The highest BCUT2D eigenvalue weighted by Gasteiger charge is 2.35. The molecule has 0 spiro atoms. The summed E-state index contributed by atoms with van der Waals surface area (Å²) in [7, 11) is 0. The van der Waals surface area contributed by atoms with Crippen molar-refractivity contribution in [2.24, 2.45) is 0 Å². The molecule has 1 heterocycles. The van der Waals surface area contributed by atoms with E-state index in [1.165, 1.54) is 66.8 Å². The summed E-state index contributed by atoms with van der Waals surface area (Å²) < 4.78 is 0. The molecule has 0 radical (unpaired) electrons. The van der Waals surface area contributed by atoms with Crippen molar-refractivity contribution < 1.29 is 0 Å². The van der Waals surface area contributed by atoms with Crippen molar-refractivity contribution in [2.45, 2.75) is 163 Å². The summed E-state index contributed by atoms with van der Waals surface area (Å²) in [5.74, 6) is 0.731. The van der Waals surface area contributed by atoms with Crippen LogP contribution in [0.4, 0.5) is 0 Å². The molecule has 0 N–H and O–H groups in total. The van der Waals surface area contributed by atoms with Crippen molar-refractivity contribution in [1.82, 2.24) is 9.97 Å². The molecule has 1 aliphatic carbocycles. The minimum absolute atomic E-state index is 0.00327. The van der Waals surface area contributed by atoms with Gasteiger partial charge in [0, 0.05) is 22.1 Å². The highest BCUT2D eigenvalue weighted by atomic mass is 14.9. The van der Waals surface area contributed by atoms with Crippen LogP contribution in [0.25, 0.3) is 67.3 Å². The average Bonchev–Trinajstić information content (AvgIpc) is 3.49. The quantitative estimate of drug-likeness (QED) is 0.152. The van der Waals surface area contributed by atoms with Crippen LogP contribution in [0, 0.1) is 0 Å². The van der Waals surface area contributed by atoms with E-state index in [9.17, 15) is 0 Å². The molecule has 67 heavy (non-hydrogen) atoms. The number of fused-ring (bicyclic) bond motifs is 3. The number of nitrogens with zero attached hydrogens (tertiary/aromatic N) is 2. The summed E-state index contributed by atoms with van der Waals surface area (Å²) >= 11 is 0. The fraction of sp³-hybridized carbons (Fsp3) is 0.385. The van der Waals surface area contributed by atoms with E-state index in [0.717, 1.165) is 52.3 Å². The Kier molecular flexibility index (Phi) is 12.1. The summed E-state index contributed by atoms with van der Waals surface area (Å²) in [6.45, 7) is 39.5. The summed E-state index contributed by atoms with van der Waals surface area (Å²) in [5, 5.41) is 0. The van der Waals surface area contributed by atoms with E-state index in [1.54, 1.807) is 0 Å². The maximum Gasteiger partial charge on any atom is 0.160 e. The van der Waals surface area contributed by atoms with Crippen LogP contribution in [0.5, 0.6) is 0 Å². The Morgan fingerprint density at radius 1 is 0.373 bits per heavy atom. The second-order valence-corrected chi connectivity index (χ2v) is 25.0. The van der Waals surface area contributed by atoms with E-state index in [-0.39, 0.29) is 32.5 Å². The molecule has 0 saturated carbocycles. The van der Waals surface area contributed by atoms with Gasteiger partial charge >= 0.3 is 0 Å². The Labute approximate surface area is 404 Å². The van der Waals surface area contributed by atoms with Gasteiger partial charge < -0.3 is 0 Å². The van der Waals surface area contributed by atoms with Gasteiger partial charge in [-0.05, 0) is 154 Å². The lowest BCUT2D eigenvalue weighted by Gasteiger charge is -2.27. The zero-order valence-corrected chi connectivity index (χ0v) is 43.9. The smallest absolute Gasteiger partial charge is 0.160 e. The van der Waals surface area contributed by atoms with Gasteiger partial charge in [-0.1, -0.05) is 203 Å². The first-order valence-electron chi connectivity index (χ1n) is 24.9. The second kappa shape index (κ2) is 16.9. The van der Waals surface area contributed by atoms with Gasteiger partial charge in [-0.25, -0.2) is 9.97 Å². The third kappa shape index (κ3) is 9.61. The zero-order valence-electron chi connectivity index (χ0n) is 43.9. The third-order valence-corrected chi connectivity index (χ3v) is 14.6. The molecule has 7 aromatic rings. The molecule has 8 rings (SSSR count). The molecular formula is C65H76N2. The molecule has 346 valence electrons. The molecule has 2 heteroatoms. The largest absolute Gasteiger partial charge is 0.228 e. The van der Waals surface area contributed by atoms with Crippen molar-refractivity contribution in [3.05, 3.63) is 166 Å². The van der Waals surface area contributed by atoms with Crippen LogP contribution in [-0.4, -0.2) is 9.97 Å². The van der Waals surface area contributed by atoms with Crippen LogP contribution in [0.2, 0.25) is 0 Å². The lowest BCUT2D eigenvalue weighted by Crippen LogP contribution is -2.17. The van der Waals surface area contributed by atoms with Gasteiger partial charge in [0.1, 0.15) is 0 Å². The van der Waals surface area contributed by atoms with Crippen molar-refractivity contribution in [1.29, 1.82) is 0 Å². The van der Waals surface area contributed by atoms with Crippen molar-refractivity contribution in [2.75, 3.05) is 0 Å². The van der Waals surface area contributed by atoms with Gasteiger partial charge in [-0.2, -0.15) is 0 Å². The van der Waals surface area contributed by atoms with Crippen LogP contribution < -0.4 is 0 Å². The van der Waals surface area contributed by atoms with Gasteiger partial charge in [-0.3, -0.25) is 0 Å². The topological polar surface area (TPSA) is 25.8 Å². The number of hydrogen-bond donors (Lipinski definition) is 0. The molecule has 0 atom stereocenters. The van der Waals surface area contributed by atoms with Gasteiger partial charge in [0.15, 0.2) is 5.82 Å². The molecule has 0 amide bonds. The van der Waals surface area contributed by atoms with Crippen molar-refractivity contribution >= 4 is 0 Å². The molecule has 0 bridgehead atoms. The van der Waals surface area contributed by atoms with Gasteiger partial charge in [0.25, 0.3) is 0 Å². The monoisotopic (exact) mass is 885 g/mol. The number of rotatable bonds is 8. The van der Waals surface area contributed by atoms with E-state index in [0.29, 0.717) is 0 Å². The molecule has 0 fully saturated rings. The van der Waals surface area contributed by atoms with E-state index >= 15 is 0 Å². The molecule has 1 aliphatic rings. The highest BCUT2D eigenvalue weighted by Crippen LogP contribution is 2.50. The normalized spacial score (nSPS) is 14.0.